The van der Waals surface area contributed by atoms with E-state index in [2.05, 4.69) is 36.0 Å². The summed E-state index contributed by atoms with van der Waals surface area (Å²) >= 11 is 0. The molecule has 2 unspecified atom stereocenters. The van der Waals surface area contributed by atoms with Gasteiger partial charge in [-0.1, -0.05) is 26.0 Å². The standard InChI is InChI=1S/C22H32N2/c1-21-10-8-18-17(7-6-16-5-3-4-9-22(16,18)2)19(21)13-15(14-21)20-23-11-12-24-20/h3-4,11-12,15-19H,5-10,13-14H2,1-2H3,(H,23,24)/t15?,16?,17-,18+,19+,21-,22+/m1/s1. The summed E-state index contributed by atoms with van der Waals surface area (Å²) in [5.74, 6) is 5.74. The summed E-state index contributed by atoms with van der Waals surface area (Å²) in [7, 11) is 0. The second-order valence-electron chi connectivity index (χ2n) is 9.87. The molecule has 3 saturated carbocycles. The first-order chi connectivity index (χ1) is 11.6. The summed E-state index contributed by atoms with van der Waals surface area (Å²) in [4.78, 5) is 8.02. The van der Waals surface area contributed by atoms with Crippen molar-refractivity contribution >= 4 is 0 Å². The van der Waals surface area contributed by atoms with Crippen molar-refractivity contribution in [1.29, 1.82) is 0 Å². The highest BCUT2D eigenvalue weighted by molar-refractivity contribution is 5.14. The number of allylic oxidation sites excluding steroid dienone is 2. The lowest BCUT2D eigenvalue weighted by Gasteiger charge is -2.59. The molecule has 0 spiro atoms. The van der Waals surface area contributed by atoms with E-state index in [-0.39, 0.29) is 0 Å². The Labute approximate surface area is 146 Å². The van der Waals surface area contributed by atoms with Crippen LogP contribution in [0.25, 0.3) is 0 Å². The molecule has 0 bridgehead atoms. The lowest BCUT2D eigenvalue weighted by atomic mass is 9.46. The van der Waals surface area contributed by atoms with Crippen LogP contribution in [0.1, 0.15) is 77.0 Å². The number of nitrogens with one attached hydrogen (secondary N) is 1. The number of H-pyrrole nitrogens is 1. The van der Waals surface area contributed by atoms with Crippen molar-refractivity contribution in [2.24, 2.45) is 34.5 Å². The van der Waals surface area contributed by atoms with Crippen molar-refractivity contribution in [1.82, 2.24) is 9.97 Å². The van der Waals surface area contributed by atoms with Gasteiger partial charge in [0.15, 0.2) is 0 Å². The van der Waals surface area contributed by atoms with Crippen LogP contribution in [-0.2, 0) is 0 Å². The third-order valence-corrected chi connectivity index (χ3v) is 8.89. The van der Waals surface area contributed by atoms with Gasteiger partial charge in [-0.05, 0) is 85.9 Å². The van der Waals surface area contributed by atoms with Crippen molar-refractivity contribution in [3.63, 3.8) is 0 Å². The fourth-order valence-corrected chi connectivity index (χ4v) is 7.61. The number of rotatable bonds is 1. The molecule has 3 fully saturated rings. The molecule has 7 atom stereocenters. The first-order valence-corrected chi connectivity index (χ1v) is 10.2. The molecule has 1 aromatic heterocycles. The average Bonchev–Trinajstić information content (AvgIpc) is 3.20. The second kappa shape index (κ2) is 5.22. The van der Waals surface area contributed by atoms with Gasteiger partial charge in [-0.2, -0.15) is 0 Å². The maximum absolute atomic E-state index is 4.61. The van der Waals surface area contributed by atoms with Crippen molar-refractivity contribution in [3.8, 4) is 0 Å². The van der Waals surface area contributed by atoms with Crippen molar-refractivity contribution < 1.29 is 0 Å². The third kappa shape index (κ3) is 2.04. The molecule has 2 heteroatoms. The molecular weight excluding hydrogens is 292 g/mol. The average molecular weight is 325 g/mol. The van der Waals surface area contributed by atoms with Crippen molar-refractivity contribution in [3.05, 3.63) is 30.4 Å². The fraction of sp³-hybridized carbons (Fsp3) is 0.773. The highest BCUT2D eigenvalue weighted by atomic mass is 14.9. The smallest absolute Gasteiger partial charge is 0.109 e. The van der Waals surface area contributed by atoms with E-state index in [0.29, 0.717) is 16.7 Å². The normalized spacial score (nSPS) is 50.2. The molecule has 0 saturated heterocycles. The minimum atomic E-state index is 0.562. The second-order valence-corrected chi connectivity index (χ2v) is 9.87. The molecule has 24 heavy (non-hydrogen) atoms. The molecule has 130 valence electrons. The number of aromatic amines is 1. The summed E-state index contributed by atoms with van der Waals surface area (Å²) in [6.45, 7) is 5.24. The summed E-state index contributed by atoms with van der Waals surface area (Å²) in [6, 6.07) is 0. The Hall–Kier alpha value is -1.05. The van der Waals surface area contributed by atoms with Crippen molar-refractivity contribution in [2.45, 2.75) is 71.1 Å². The van der Waals surface area contributed by atoms with E-state index in [1.54, 1.807) is 0 Å². The number of imidazole rings is 1. The summed E-state index contributed by atoms with van der Waals surface area (Å²) in [5, 5.41) is 0. The molecule has 1 aromatic rings. The van der Waals surface area contributed by atoms with Gasteiger partial charge in [-0.25, -0.2) is 4.98 Å². The minimum Gasteiger partial charge on any atom is -0.348 e. The van der Waals surface area contributed by atoms with Crippen LogP contribution in [0.3, 0.4) is 0 Å². The predicted molar refractivity (Wildman–Crippen MR) is 97.6 cm³/mol. The molecule has 5 rings (SSSR count). The molecule has 2 nitrogen and oxygen atoms in total. The van der Waals surface area contributed by atoms with Gasteiger partial charge in [0.25, 0.3) is 0 Å². The quantitative estimate of drug-likeness (QED) is 0.659. The third-order valence-electron chi connectivity index (χ3n) is 8.89. The zero-order valence-electron chi connectivity index (χ0n) is 15.3. The molecule has 4 aliphatic carbocycles. The lowest BCUT2D eigenvalue weighted by molar-refractivity contribution is -0.0870. The molecule has 1 N–H and O–H groups in total. The van der Waals surface area contributed by atoms with Crippen LogP contribution in [0.2, 0.25) is 0 Å². The Balaban J connectivity index is 1.45. The summed E-state index contributed by atoms with van der Waals surface area (Å²) in [5.41, 5.74) is 1.15. The monoisotopic (exact) mass is 324 g/mol. The van der Waals surface area contributed by atoms with E-state index in [9.17, 15) is 0 Å². The van der Waals surface area contributed by atoms with E-state index in [1.165, 1.54) is 57.2 Å². The molecule has 0 aliphatic heterocycles. The van der Waals surface area contributed by atoms with Crippen LogP contribution in [-0.4, -0.2) is 9.97 Å². The Morgan fingerprint density at radius 2 is 2.04 bits per heavy atom. The predicted octanol–water partition coefficient (Wildman–Crippen LogP) is 5.70. The van der Waals surface area contributed by atoms with E-state index in [0.717, 1.165) is 23.7 Å². The summed E-state index contributed by atoms with van der Waals surface area (Å²) < 4.78 is 0. The topological polar surface area (TPSA) is 28.7 Å². The van der Waals surface area contributed by atoms with E-state index >= 15 is 0 Å². The SMILES string of the molecule is C[C@]12CC[C@H]3[C@@H](CCC4CC=CC[C@@]43C)[C@@H]1CC(c1ncc[nH]1)C2. The van der Waals surface area contributed by atoms with Gasteiger partial charge in [-0.15, -0.1) is 0 Å². The van der Waals surface area contributed by atoms with E-state index in [4.69, 9.17) is 0 Å². The van der Waals surface area contributed by atoms with Gasteiger partial charge in [0.05, 0.1) is 0 Å². The summed E-state index contributed by atoms with van der Waals surface area (Å²) in [6.07, 6.45) is 20.2. The Bertz CT molecular complexity index is 632. The maximum Gasteiger partial charge on any atom is 0.109 e. The van der Waals surface area contributed by atoms with Gasteiger partial charge in [0, 0.05) is 18.3 Å². The van der Waals surface area contributed by atoms with Gasteiger partial charge < -0.3 is 4.98 Å². The number of fused-ring (bicyclic) bond motifs is 5. The molecule has 4 aliphatic rings. The highest BCUT2D eigenvalue weighted by Gasteiger charge is 2.58. The Morgan fingerprint density at radius 3 is 2.88 bits per heavy atom. The molecule has 0 amide bonds. The maximum atomic E-state index is 4.61. The fourth-order valence-electron chi connectivity index (χ4n) is 7.61. The van der Waals surface area contributed by atoms with Crippen molar-refractivity contribution in [2.75, 3.05) is 0 Å². The van der Waals surface area contributed by atoms with Crippen LogP contribution in [0.4, 0.5) is 0 Å². The van der Waals surface area contributed by atoms with Crippen LogP contribution in [0.5, 0.6) is 0 Å². The number of hydrogen-bond acceptors (Lipinski definition) is 1. The Morgan fingerprint density at radius 1 is 1.12 bits per heavy atom. The first kappa shape index (κ1) is 15.2. The lowest BCUT2D eigenvalue weighted by Crippen LogP contribution is -2.51. The molecule has 0 radical (unpaired) electrons. The minimum absolute atomic E-state index is 0.562. The van der Waals surface area contributed by atoms with Gasteiger partial charge in [0.1, 0.15) is 5.82 Å². The van der Waals surface area contributed by atoms with Crippen LogP contribution in [0.15, 0.2) is 24.5 Å². The number of hydrogen-bond donors (Lipinski definition) is 1. The molecule has 1 heterocycles. The van der Waals surface area contributed by atoms with Gasteiger partial charge in [0.2, 0.25) is 0 Å². The van der Waals surface area contributed by atoms with Crippen LogP contribution in [0, 0.1) is 34.5 Å². The van der Waals surface area contributed by atoms with E-state index < -0.39 is 0 Å². The molecular formula is C22H32N2. The van der Waals surface area contributed by atoms with Gasteiger partial charge >= 0.3 is 0 Å². The first-order valence-electron chi connectivity index (χ1n) is 10.2. The highest BCUT2D eigenvalue weighted by Crippen LogP contribution is 2.67. The molecule has 0 aromatic carbocycles. The van der Waals surface area contributed by atoms with E-state index in [1.807, 2.05) is 12.4 Å². The number of aromatic nitrogens is 2. The van der Waals surface area contributed by atoms with Gasteiger partial charge in [-0.3, -0.25) is 0 Å². The van der Waals surface area contributed by atoms with Crippen LogP contribution < -0.4 is 0 Å². The largest absolute Gasteiger partial charge is 0.348 e. The number of nitrogens with zero attached hydrogens (tertiary/aromatic N) is 1. The van der Waals surface area contributed by atoms with Crippen LogP contribution >= 0.6 is 0 Å². The zero-order valence-corrected chi connectivity index (χ0v) is 15.3. The Kier molecular flexibility index (Phi) is 3.31. The zero-order chi connectivity index (χ0) is 16.4.